The molecule has 5 nitrogen and oxygen atoms in total. The Bertz CT molecular complexity index is 1190. The number of hydrogen-bond acceptors (Lipinski definition) is 4. The van der Waals surface area contributed by atoms with E-state index in [1.54, 1.807) is 10.6 Å². The lowest BCUT2D eigenvalue weighted by Crippen LogP contribution is -2.15. The maximum atomic E-state index is 12.7. The van der Waals surface area contributed by atoms with E-state index in [1.165, 1.54) is 0 Å². The molecule has 0 aliphatic heterocycles. The third kappa shape index (κ3) is 3.31. The average molecular weight is 375 g/mol. The number of ether oxygens (including phenoxy) is 1. The molecule has 0 atom stereocenters. The summed E-state index contributed by atoms with van der Waals surface area (Å²) in [6, 6.07) is 18.8. The maximum absolute atomic E-state index is 12.7. The van der Waals surface area contributed by atoms with Crippen LogP contribution in [0.1, 0.15) is 35.7 Å². The van der Waals surface area contributed by atoms with Gasteiger partial charge in [0.05, 0.1) is 24.2 Å². The summed E-state index contributed by atoms with van der Waals surface area (Å²) in [6.07, 6.45) is 1.77. The number of rotatable bonds is 6. The van der Waals surface area contributed by atoms with Crippen molar-refractivity contribution < 1.29 is 13.9 Å². The van der Waals surface area contributed by atoms with E-state index in [0.717, 1.165) is 29.2 Å². The Hall–Kier alpha value is -3.34. The minimum absolute atomic E-state index is 0.370. The Morgan fingerprint density at radius 2 is 1.75 bits per heavy atom. The van der Waals surface area contributed by atoms with Crippen molar-refractivity contribution in [2.45, 2.75) is 26.3 Å². The van der Waals surface area contributed by atoms with E-state index in [2.05, 4.69) is 0 Å². The molecular formula is C23H21NO4. The van der Waals surface area contributed by atoms with Gasteiger partial charge in [-0.15, -0.1) is 0 Å². The van der Waals surface area contributed by atoms with Crippen molar-refractivity contribution in [2.75, 3.05) is 6.61 Å². The van der Waals surface area contributed by atoms with Crippen LogP contribution in [-0.4, -0.2) is 17.1 Å². The number of nitrogens with zero attached hydrogens (tertiary/aromatic N) is 1. The summed E-state index contributed by atoms with van der Waals surface area (Å²) in [7, 11) is 0. The van der Waals surface area contributed by atoms with Crippen LogP contribution in [0.2, 0.25) is 0 Å². The predicted octanol–water partition coefficient (Wildman–Crippen LogP) is 4.75. The van der Waals surface area contributed by atoms with E-state index < -0.39 is 5.76 Å². The Kier molecular flexibility index (Phi) is 4.98. The van der Waals surface area contributed by atoms with Crippen molar-refractivity contribution in [3.05, 3.63) is 82.3 Å². The van der Waals surface area contributed by atoms with E-state index in [9.17, 15) is 9.59 Å². The molecule has 0 spiro atoms. The molecule has 4 rings (SSSR count). The summed E-state index contributed by atoms with van der Waals surface area (Å²) in [5, 5.41) is 1.45. The molecule has 142 valence electrons. The van der Waals surface area contributed by atoms with Crippen molar-refractivity contribution in [3.8, 4) is 0 Å². The molecular weight excluding hydrogens is 354 g/mol. The number of carbonyl (C=O) groups is 1. The zero-order valence-corrected chi connectivity index (χ0v) is 15.7. The second-order valence-corrected chi connectivity index (χ2v) is 6.75. The van der Waals surface area contributed by atoms with Crippen LogP contribution in [0.25, 0.3) is 21.9 Å². The largest absolute Gasteiger partial charge is 0.462 e. The molecule has 0 fully saturated rings. The molecule has 1 aromatic heterocycles. The van der Waals surface area contributed by atoms with Gasteiger partial charge < -0.3 is 9.15 Å². The maximum Gasteiger partial charge on any atom is 0.420 e. The van der Waals surface area contributed by atoms with Crippen molar-refractivity contribution in [3.63, 3.8) is 0 Å². The standard InChI is InChI=1S/C23H21NO4/c1-2-3-13-27-22(25)19-14-20-21(18-12-8-7-11-17(18)19)28-23(26)24(20)15-16-9-5-4-6-10-16/h4-12,14H,2-3,13,15H2,1H3. The second kappa shape index (κ2) is 7.72. The molecule has 5 heteroatoms. The first-order valence-electron chi connectivity index (χ1n) is 9.45. The van der Waals surface area contributed by atoms with Crippen molar-refractivity contribution >= 4 is 27.8 Å². The number of hydrogen-bond donors (Lipinski definition) is 0. The topological polar surface area (TPSA) is 61.4 Å². The van der Waals surface area contributed by atoms with Gasteiger partial charge >= 0.3 is 11.7 Å². The highest BCUT2D eigenvalue weighted by Gasteiger charge is 2.19. The Balaban J connectivity index is 1.88. The third-order valence-electron chi connectivity index (χ3n) is 4.81. The molecule has 3 aromatic carbocycles. The van der Waals surface area contributed by atoms with Crippen LogP contribution < -0.4 is 5.76 Å². The first-order chi connectivity index (χ1) is 13.7. The number of aromatic nitrogens is 1. The molecule has 0 saturated heterocycles. The Morgan fingerprint density at radius 1 is 1.04 bits per heavy atom. The SMILES string of the molecule is CCCCOC(=O)c1cc2c(oc(=O)n2Cc2ccccc2)c2ccccc12. The van der Waals surface area contributed by atoms with Gasteiger partial charge in [0.2, 0.25) is 0 Å². The quantitative estimate of drug-likeness (QED) is 0.360. The molecule has 0 aliphatic carbocycles. The van der Waals surface area contributed by atoms with Crippen molar-refractivity contribution in [1.82, 2.24) is 4.57 Å². The number of fused-ring (bicyclic) bond motifs is 3. The van der Waals surface area contributed by atoms with Crippen molar-refractivity contribution in [2.24, 2.45) is 0 Å². The first-order valence-corrected chi connectivity index (χ1v) is 9.45. The van der Waals surface area contributed by atoms with Crippen LogP contribution >= 0.6 is 0 Å². The van der Waals surface area contributed by atoms with Crippen molar-refractivity contribution in [1.29, 1.82) is 0 Å². The highest BCUT2D eigenvalue weighted by atomic mass is 16.5. The normalized spacial score (nSPS) is 11.2. The van der Waals surface area contributed by atoms with E-state index in [0.29, 0.717) is 29.8 Å². The molecule has 0 aliphatic rings. The number of oxazole rings is 1. The van der Waals surface area contributed by atoms with Gasteiger partial charge in [0.15, 0.2) is 5.58 Å². The smallest absolute Gasteiger partial charge is 0.420 e. The van der Waals surface area contributed by atoms with Crippen LogP contribution in [0.5, 0.6) is 0 Å². The Labute approximate surface area is 162 Å². The molecule has 0 saturated carbocycles. The van der Waals surface area contributed by atoms with E-state index >= 15 is 0 Å². The highest BCUT2D eigenvalue weighted by Crippen LogP contribution is 2.29. The molecule has 0 bridgehead atoms. The predicted molar refractivity (Wildman–Crippen MR) is 109 cm³/mol. The fourth-order valence-electron chi connectivity index (χ4n) is 3.35. The van der Waals surface area contributed by atoms with Crippen LogP contribution in [0, 0.1) is 0 Å². The molecule has 0 radical (unpaired) electrons. The fourth-order valence-corrected chi connectivity index (χ4v) is 3.35. The zero-order chi connectivity index (χ0) is 19.5. The summed E-state index contributed by atoms with van der Waals surface area (Å²) in [4.78, 5) is 25.3. The summed E-state index contributed by atoms with van der Waals surface area (Å²) in [5.41, 5.74) is 2.51. The van der Waals surface area contributed by atoms with Gasteiger partial charge in [-0.2, -0.15) is 0 Å². The molecule has 0 amide bonds. The molecule has 28 heavy (non-hydrogen) atoms. The molecule has 4 aromatic rings. The number of carbonyl (C=O) groups excluding carboxylic acids is 1. The van der Waals surface area contributed by atoms with Gasteiger partial charge in [-0.1, -0.05) is 67.9 Å². The minimum Gasteiger partial charge on any atom is -0.462 e. The van der Waals surface area contributed by atoms with Gasteiger partial charge in [-0.3, -0.25) is 4.57 Å². The number of unbranched alkanes of at least 4 members (excludes halogenated alkanes) is 1. The van der Waals surface area contributed by atoms with Gasteiger partial charge in [0.1, 0.15) is 0 Å². The molecule has 0 N–H and O–H groups in total. The van der Waals surface area contributed by atoms with Gasteiger partial charge in [0.25, 0.3) is 0 Å². The minimum atomic E-state index is -0.444. The second-order valence-electron chi connectivity index (χ2n) is 6.75. The van der Waals surface area contributed by atoms with Crippen LogP contribution in [0.4, 0.5) is 0 Å². The monoisotopic (exact) mass is 375 g/mol. The fraction of sp³-hybridized carbons (Fsp3) is 0.217. The zero-order valence-electron chi connectivity index (χ0n) is 15.7. The average Bonchev–Trinajstić information content (AvgIpc) is 3.04. The summed E-state index contributed by atoms with van der Waals surface area (Å²) in [6.45, 7) is 2.79. The van der Waals surface area contributed by atoms with E-state index in [-0.39, 0.29) is 5.97 Å². The van der Waals surface area contributed by atoms with Crippen LogP contribution in [0.3, 0.4) is 0 Å². The highest BCUT2D eigenvalue weighted by molar-refractivity contribution is 6.13. The lowest BCUT2D eigenvalue weighted by atomic mass is 10.0. The van der Waals surface area contributed by atoms with Gasteiger partial charge in [-0.05, 0) is 18.1 Å². The number of benzene rings is 3. The molecule has 0 unspecified atom stereocenters. The third-order valence-corrected chi connectivity index (χ3v) is 4.81. The van der Waals surface area contributed by atoms with E-state index in [1.807, 2.05) is 61.5 Å². The summed E-state index contributed by atoms with van der Waals surface area (Å²) >= 11 is 0. The number of esters is 1. The lowest BCUT2D eigenvalue weighted by molar-refractivity contribution is 0.0502. The van der Waals surface area contributed by atoms with Crippen LogP contribution in [-0.2, 0) is 11.3 Å². The van der Waals surface area contributed by atoms with Gasteiger partial charge in [-0.25, -0.2) is 9.59 Å². The van der Waals surface area contributed by atoms with Crippen LogP contribution in [0.15, 0.2) is 69.9 Å². The van der Waals surface area contributed by atoms with E-state index in [4.69, 9.17) is 9.15 Å². The first kappa shape index (κ1) is 18.0. The Morgan fingerprint density at radius 3 is 2.50 bits per heavy atom. The molecule has 1 heterocycles. The lowest BCUT2D eigenvalue weighted by Gasteiger charge is -2.09. The van der Waals surface area contributed by atoms with Gasteiger partial charge in [0, 0.05) is 10.8 Å². The summed E-state index contributed by atoms with van der Waals surface area (Å²) < 4.78 is 12.6. The summed E-state index contributed by atoms with van der Waals surface area (Å²) in [5.74, 6) is -0.827.